The number of urea groups is 1. The number of carbonyl (C=O) groups excluding carboxylic acids is 1. The van der Waals surface area contributed by atoms with Crippen molar-refractivity contribution in [2.24, 2.45) is 0 Å². The standard InChI is InChI=1S/C25H26F5N5O3/c1-37-10-9-35-12-16(14-7-8-17(26)18(27)11-14)19(13-35)31-24(36)32-23-21(25(28,29)30)22(33-34-23)15-5-3-4-6-20(15)38-2/h3-8,11,16,19H,9-10,12-13H2,1-2H3,(H3,31,32,33,34,36)/t16-,19+/m0/s1. The van der Waals surface area contributed by atoms with Crippen LogP contribution in [0.1, 0.15) is 17.0 Å². The molecule has 3 N–H and O–H groups in total. The second-order valence-electron chi connectivity index (χ2n) is 8.76. The predicted molar refractivity (Wildman–Crippen MR) is 129 cm³/mol. The number of nitrogens with one attached hydrogen (secondary N) is 3. The Balaban J connectivity index is 1.58. The first-order valence-corrected chi connectivity index (χ1v) is 11.6. The Morgan fingerprint density at radius 1 is 1.13 bits per heavy atom. The molecule has 1 aliphatic rings. The van der Waals surface area contributed by atoms with E-state index in [9.17, 15) is 26.7 Å². The number of halogens is 5. The lowest BCUT2D eigenvalue weighted by molar-refractivity contribution is -0.136. The van der Waals surface area contributed by atoms with E-state index in [1.54, 1.807) is 12.1 Å². The molecular formula is C25H26F5N5O3. The number of hydrogen-bond donors (Lipinski definition) is 3. The number of likely N-dealkylation sites (tertiary alicyclic amines) is 1. The minimum absolute atomic E-state index is 0.117. The van der Waals surface area contributed by atoms with Crippen LogP contribution in [0.3, 0.4) is 0 Å². The maximum absolute atomic E-state index is 14.1. The van der Waals surface area contributed by atoms with E-state index in [4.69, 9.17) is 9.47 Å². The molecule has 0 aliphatic carbocycles. The normalized spacial score (nSPS) is 18.0. The molecule has 1 saturated heterocycles. The number of amides is 2. The molecule has 1 fully saturated rings. The molecule has 1 aromatic heterocycles. The van der Waals surface area contributed by atoms with Gasteiger partial charge in [-0.25, -0.2) is 13.6 Å². The van der Waals surface area contributed by atoms with E-state index in [1.807, 2.05) is 4.90 Å². The maximum Gasteiger partial charge on any atom is 0.422 e. The lowest BCUT2D eigenvalue weighted by Crippen LogP contribution is -2.42. The molecule has 0 unspecified atom stereocenters. The number of benzene rings is 2. The predicted octanol–water partition coefficient (Wildman–Crippen LogP) is 4.62. The molecule has 38 heavy (non-hydrogen) atoms. The van der Waals surface area contributed by atoms with Gasteiger partial charge in [0, 0.05) is 38.2 Å². The van der Waals surface area contributed by atoms with E-state index in [-0.39, 0.29) is 17.0 Å². The van der Waals surface area contributed by atoms with E-state index in [0.717, 1.165) is 12.1 Å². The summed E-state index contributed by atoms with van der Waals surface area (Å²) in [5.74, 6) is -3.01. The number of rotatable bonds is 8. The van der Waals surface area contributed by atoms with Crippen LogP contribution < -0.4 is 15.4 Å². The molecule has 204 valence electrons. The second-order valence-corrected chi connectivity index (χ2v) is 8.76. The summed E-state index contributed by atoms with van der Waals surface area (Å²) < 4.78 is 79.9. The summed E-state index contributed by atoms with van der Waals surface area (Å²) in [6.07, 6.45) is -4.86. The first-order valence-electron chi connectivity index (χ1n) is 11.6. The van der Waals surface area contributed by atoms with Crippen molar-refractivity contribution in [1.82, 2.24) is 20.4 Å². The fourth-order valence-electron chi connectivity index (χ4n) is 4.58. The van der Waals surface area contributed by atoms with Crippen molar-refractivity contribution in [3.8, 4) is 17.0 Å². The smallest absolute Gasteiger partial charge is 0.422 e. The van der Waals surface area contributed by atoms with E-state index in [0.29, 0.717) is 31.8 Å². The Hall–Kier alpha value is -3.71. The molecule has 8 nitrogen and oxygen atoms in total. The number of anilines is 1. The van der Waals surface area contributed by atoms with Gasteiger partial charge in [-0.05, 0) is 29.8 Å². The number of nitrogens with zero attached hydrogens (tertiary/aromatic N) is 2. The first kappa shape index (κ1) is 27.3. The van der Waals surface area contributed by atoms with Crippen molar-refractivity contribution < 1.29 is 36.2 Å². The average Bonchev–Trinajstić information content (AvgIpc) is 3.48. The molecule has 2 amide bonds. The van der Waals surface area contributed by atoms with Crippen LogP contribution >= 0.6 is 0 Å². The van der Waals surface area contributed by atoms with Gasteiger partial charge in [-0.2, -0.15) is 18.3 Å². The van der Waals surface area contributed by atoms with Gasteiger partial charge in [-0.1, -0.05) is 18.2 Å². The van der Waals surface area contributed by atoms with Gasteiger partial charge in [0.05, 0.1) is 25.5 Å². The number of alkyl halides is 3. The average molecular weight is 540 g/mol. The number of aromatic amines is 1. The third-order valence-electron chi connectivity index (χ3n) is 6.35. The molecule has 0 saturated carbocycles. The Labute approximate surface area is 215 Å². The Morgan fingerprint density at radius 2 is 1.89 bits per heavy atom. The molecule has 2 heterocycles. The van der Waals surface area contributed by atoms with Crippen molar-refractivity contribution in [2.75, 3.05) is 45.8 Å². The summed E-state index contributed by atoms with van der Waals surface area (Å²) >= 11 is 0. The van der Waals surface area contributed by atoms with Gasteiger partial charge in [0.15, 0.2) is 17.5 Å². The highest BCUT2D eigenvalue weighted by molar-refractivity contribution is 5.91. The summed E-state index contributed by atoms with van der Waals surface area (Å²) in [4.78, 5) is 14.8. The van der Waals surface area contributed by atoms with Crippen LogP contribution in [0.15, 0.2) is 42.5 Å². The number of carbonyl (C=O) groups is 1. The van der Waals surface area contributed by atoms with Crippen LogP contribution in [0.5, 0.6) is 5.75 Å². The summed E-state index contributed by atoms with van der Waals surface area (Å²) in [6.45, 7) is 1.63. The summed E-state index contributed by atoms with van der Waals surface area (Å²) in [6, 6.07) is 8.03. The molecule has 2 aromatic carbocycles. The number of hydrogen-bond acceptors (Lipinski definition) is 5. The molecule has 4 rings (SSSR count). The van der Waals surface area contributed by atoms with Crippen molar-refractivity contribution in [3.05, 3.63) is 65.2 Å². The van der Waals surface area contributed by atoms with Crippen molar-refractivity contribution >= 4 is 11.8 Å². The maximum atomic E-state index is 14.1. The molecule has 13 heteroatoms. The van der Waals surface area contributed by atoms with Gasteiger partial charge in [0.1, 0.15) is 11.3 Å². The molecule has 0 spiro atoms. The van der Waals surface area contributed by atoms with E-state index in [1.165, 1.54) is 32.4 Å². The summed E-state index contributed by atoms with van der Waals surface area (Å²) in [5, 5.41) is 10.9. The highest BCUT2D eigenvalue weighted by Gasteiger charge is 2.41. The highest BCUT2D eigenvalue weighted by atomic mass is 19.4. The minimum atomic E-state index is -4.86. The molecular weight excluding hydrogens is 513 g/mol. The number of aromatic nitrogens is 2. The molecule has 0 radical (unpaired) electrons. The summed E-state index contributed by atoms with van der Waals surface area (Å²) in [7, 11) is 2.86. The Morgan fingerprint density at radius 3 is 2.58 bits per heavy atom. The summed E-state index contributed by atoms with van der Waals surface area (Å²) in [5.41, 5.74) is -0.964. The number of ether oxygens (including phenoxy) is 2. The van der Waals surface area contributed by atoms with Crippen LogP contribution in [0.4, 0.5) is 32.6 Å². The Bertz CT molecular complexity index is 1280. The van der Waals surface area contributed by atoms with Gasteiger partial charge in [0.25, 0.3) is 0 Å². The zero-order chi connectivity index (χ0) is 27.4. The van der Waals surface area contributed by atoms with Crippen LogP contribution in [0, 0.1) is 11.6 Å². The van der Waals surface area contributed by atoms with Crippen LogP contribution in [0.2, 0.25) is 0 Å². The lowest BCUT2D eigenvalue weighted by Gasteiger charge is -2.21. The zero-order valence-electron chi connectivity index (χ0n) is 20.5. The van der Waals surface area contributed by atoms with E-state index < -0.39 is 47.2 Å². The first-order chi connectivity index (χ1) is 18.1. The van der Waals surface area contributed by atoms with Gasteiger partial charge in [-0.3, -0.25) is 15.3 Å². The second kappa shape index (κ2) is 11.4. The fraction of sp³-hybridized carbons (Fsp3) is 0.360. The van der Waals surface area contributed by atoms with Crippen molar-refractivity contribution in [3.63, 3.8) is 0 Å². The Kier molecular flexibility index (Phi) is 8.17. The molecule has 2 atom stereocenters. The molecule has 0 bridgehead atoms. The van der Waals surface area contributed by atoms with Gasteiger partial charge < -0.3 is 14.8 Å². The minimum Gasteiger partial charge on any atom is -0.496 e. The fourth-order valence-corrected chi connectivity index (χ4v) is 4.58. The largest absolute Gasteiger partial charge is 0.496 e. The number of para-hydroxylation sites is 1. The number of methoxy groups -OCH3 is 2. The van der Waals surface area contributed by atoms with Crippen LogP contribution in [-0.4, -0.2) is 67.6 Å². The SMILES string of the molecule is COCCN1C[C@@H](NC(=O)Nc2n[nH]c(-c3ccccc3OC)c2C(F)(F)F)[C@H](c2ccc(F)c(F)c2)C1. The molecule has 1 aliphatic heterocycles. The quantitative estimate of drug-likeness (QED) is 0.364. The third-order valence-corrected chi connectivity index (χ3v) is 6.35. The van der Waals surface area contributed by atoms with Crippen molar-refractivity contribution in [1.29, 1.82) is 0 Å². The monoisotopic (exact) mass is 539 g/mol. The van der Waals surface area contributed by atoms with E-state index in [2.05, 4.69) is 20.8 Å². The van der Waals surface area contributed by atoms with Gasteiger partial charge in [0.2, 0.25) is 0 Å². The van der Waals surface area contributed by atoms with E-state index >= 15 is 0 Å². The number of H-pyrrole nitrogens is 1. The van der Waals surface area contributed by atoms with Gasteiger partial charge >= 0.3 is 12.2 Å². The zero-order valence-corrected chi connectivity index (χ0v) is 20.5. The molecule has 3 aromatic rings. The lowest BCUT2D eigenvalue weighted by atomic mass is 9.94. The van der Waals surface area contributed by atoms with Crippen LogP contribution in [-0.2, 0) is 10.9 Å². The van der Waals surface area contributed by atoms with Gasteiger partial charge in [-0.15, -0.1) is 0 Å². The highest BCUT2D eigenvalue weighted by Crippen LogP contribution is 2.42. The van der Waals surface area contributed by atoms with Crippen molar-refractivity contribution in [2.45, 2.75) is 18.1 Å². The van der Waals surface area contributed by atoms with Crippen LogP contribution in [0.25, 0.3) is 11.3 Å². The third kappa shape index (κ3) is 5.89. The topological polar surface area (TPSA) is 91.5 Å².